The van der Waals surface area contributed by atoms with Crippen molar-refractivity contribution in [3.8, 4) is 0 Å². The molecule has 4 heteroatoms. The van der Waals surface area contributed by atoms with Gasteiger partial charge in [-0.25, -0.2) is 0 Å². The Morgan fingerprint density at radius 3 is 2.59 bits per heavy atom. The molecule has 0 heterocycles. The average molecular weight is 258 g/mol. The van der Waals surface area contributed by atoms with E-state index in [9.17, 15) is 4.79 Å². The van der Waals surface area contributed by atoms with Gasteiger partial charge in [0, 0.05) is 0 Å². The number of benzene rings is 1. The number of unbranched alkanes of at least 4 members (excludes halogenated alkanes) is 1. The summed E-state index contributed by atoms with van der Waals surface area (Å²) in [5.74, 6) is -0.308. The van der Waals surface area contributed by atoms with E-state index in [-0.39, 0.29) is 18.4 Å². The lowest BCUT2D eigenvalue weighted by Crippen LogP contribution is -2.32. The molecule has 0 radical (unpaired) electrons. The number of carbonyl (C=O) groups excluding carboxylic acids is 1. The van der Waals surface area contributed by atoms with E-state index in [2.05, 4.69) is 6.92 Å². The van der Waals surface area contributed by atoms with E-state index in [0.717, 1.165) is 18.4 Å². The van der Waals surface area contributed by atoms with Crippen LogP contribution >= 0.6 is 12.4 Å². The summed E-state index contributed by atoms with van der Waals surface area (Å²) in [6.07, 6.45) is 2.70. The zero-order valence-corrected chi connectivity index (χ0v) is 10.9. The fourth-order valence-electron chi connectivity index (χ4n) is 1.38. The van der Waals surface area contributed by atoms with Gasteiger partial charge < -0.3 is 10.5 Å². The van der Waals surface area contributed by atoms with Gasteiger partial charge >= 0.3 is 5.97 Å². The average Bonchev–Trinajstić information content (AvgIpc) is 2.34. The highest BCUT2D eigenvalue weighted by atomic mass is 35.5. The standard InChI is InChI=1S/C13H19NO2.ClH/c1-2-3-9-12(14)13(15)16-10-11-7-5-4-6-8-11;/h4-8,12H,2-3,9-10,14H2,1H3;1H/t12-;/m0./s1. The molecular weight excluding hydrogens is 238 g/mol. The first-order valence-electron chi connectivity index (χ1n) is 5.70. The monoisotopic (exact) mass is 257 g/mol. The fraction of sp³-hybridized carbons (Fsp3) is 0.462. The van der Waals surface area contributed by atoms with Crippen molar-refractivity contribution in [1.82, 2.24) is 0 Å². The SMILES string of the molecule is CCCC[C@H](N)C(=O)OCc1ccccc1.Cl. The highest BCUT2D eigenvalue weighted by Gasteiger charge is 2.13. The maximum atomic E-state index is 11.5. The summed E-state index contributed by atoms with van der Waals surface area (Å²) in [7, 11) is 0. The van der Waals surface area contributed by atoms with E-state index in [4.69, 9.17) is 10.5 Å². The number of halogens is 1. The van der Waals surface area contributed by atoms with Crippen LogP contribution < -0.4 is 5.73 Å². The predicted octanol–water partition coefficient (Wildman–Crippen LogP) is 2.67. The molecule has 0 spiro atoms. The molecule has 1 rings (SSSR count). The molecule has 0 saturated carbocycles. The lowest BCUT2D eigenvalue weighted by molar-refractivity contribution is -0.146. The lowest BCUT2D eigenvalue weighted by atomic mass is 10.1. The van der Waals surface area contributed by atoms with E-state index in [1.165, 1.54) is 0 Å². The molecule has 0 aliphatic heterocycles. The molecule has 3 nitrogen and oxygen atoms in total. The van der Waals surface area contributed by atoms with Crippen LogP contribution in [0.2, 0.25) is 0 Å². The quantitative estimate of drug-likeness (QED) is 0.797. The van der Waals surface area contributed by atoms with Gasteiger partial charge in [-0.3, -0.25) is 4.79 Å². The third-order valence-electron chi connectivity index (χ3n) is 2.40. The van der Waals surface area contributed by atoms with Gasteiger partial charge in [0.2, 0.25) is 0 Å². The van der Waals surface area contributed by atoms with Crippen molar-refractivity contribution in [2.24, 2.45) is 5.73 Å². The zero-order chi connectivity index (χ0) is 11.8. The molecule has 2 N–H and O–H groups in total. The fourth-order valence-corrected chi connectivity index (χ4v) is 1.38. The molecule has 0 aliphatic rings. The van der Waals surface area contributed by atoms with Crippen molar-refractivity contribution in [2.75, 3.05) is 0 Å². The Balaban J connectivity index is 0.00000256. The summed E-state index contributed by atoms with van der Waals surface area (Å²) in [5.41, 5.74) is 6.68. The van der Waals surface area contributed by atoms with Crippen molar-refractivity contribution in [1.29, 1.82) is 0 Å². The third kappa shape index (κ3) is 6.29. The van der Waals surface area contributed by atoms with Crippen LogP contribution in [0.3, 0.4) is 0 Å². The molecule has 0 bridgehead atoms. The van der Waals surface area contributed by atoms with Crippen molar-refractivity contribution in [2.45, 2.75) is 38.8 Å². The molecule has 1 aromatic rings. The number of ether oxygens (including phenoxy) is 1. The highest BCUT2D eigenvalue weighted by molar-refractivity contribution is 5.85. The normalized spacial score (nSPS) is 11.4. The minimum absolute atomic E-state index is 0. The van der Waals surface area contributed by atoms with Gasteiger partial charge in [-0.2, -0.15) is 0 Å². The van der Waals surface area contributed by atoms with Gasteiger partial charge in [0.25, 0.3) is 0 Å². The van der Waals surface area contributed by atoms with Gasteiger partial charge in [-0.05, 0) is 12.0 Å². The van der Waals surface area contributed by atoms with Crippen molar-refractivity contribution >= 4 is 18.4 Å². The van der Waals surface area contributed by atoms with Crippen LogP contribution in [0, 0.1) is 0 Å². The first-order chi connectivity index (χ1) is 7.74. The van der Waals surface area contributed by atoms with Crippen LogP contribution in [0.1, 0.15) is 31.7 Å². The summed E-state index contributed by atoms with van der Waals surface area (Å²) in [4.78, 5) is 11.5. The van der Waals surface area contributed by atoms with Crippen LogP contribution in [0.25, 0.3) is 0 Å². The Bertz CT molecular complexity index is 316. The summed E-state index contributed by atoms with van der Waals surface area (Å²) < 4.78 is 5.12. The smallest absolute Gasteiger partial charge is 0.323 e. The van der Waals surface area contributed by atoms with Crippen LogP contribution in [-0.2, 0) is 16.1 Å². The van der Waals surface area contributed by atoms with E-state index < -0.39 is 6.04 Å². The largest absolute Gasteiger partial charge is 0.460 e. The second-order valence-corrected chi connectivity index (χ2v) is 3.84. The third-order valence-corrected chi connectivity index (χ3v) is 2.40. The molecule has 0 fully saturated rings. The minimum Gasteiger partial charge on any atom is -0.460 e. The van der Waals surface area contributed by atoms with E-state index in [1.54, 1.807) is 0 Å². The topological polar surface area (TPSA) is 52.3 Å². The number of hydrogen-bond acceptors (Lipinski definition) is 3. The number of rotatable bonds is 6. The highest BCUT2D eigenvalue weighted by Crippen LogP contribution is 2.04. The molecule has 0 unspecified atom stereocenters. The van der Waals surface area contributed by atoms with Gasteiger partial charge in [0.15, 0.2) is 0 Å². The second-order valence-electron chi connectivity index (χ2n) is 3.84. The first-order valence-corrected chi connectivity index (χ1v) is 5.70. The van der Waals surface area contributed by atoms with Crippen LogP contribution in [0.15, 0.2) is 30.3 Å². The van der Waals surface area contributed by atoms with Crippen molar-refractivity contribution in [3.05, 3.63) is 35.9 Å². The molecule has 17 heavy (non-hydrogen) atoms. The van der Waals surface area contributed by atoms with Crippen molar-refractivity contribution in [3.63, 3.8) is 0 Å². The summed E-state index contributed by atoms with van der Waals surface area (Å²) in [5, 5.41) is 0. The predicted molar refractivity (Wildman–Crippen MR) is 71.0 cm³/mol. The van der Waals surface area contributed by atoms with E-state index in [1.807, 2.05) is 30.3 Å². The molecular formula is C13H20ClNO2. The summed E-state index contributed by atoms with van der Waals surface area (Å²) >= 11 is 0. The number of nitrogens with two attached hydrogens (primary N) is 1. The Labute approximate surface area is 109 Å². The van der Waals surface area contributed by atoms with E-state index >= 15 is 0 Å². The maximum Gasteiger partial charge on any atom is 0.323 e. The molecule has 0 amide bonds. The summed E-state index contributed by atoms with van der Waals surface area (Å²) in [6, 6.07) is 9.12. The van der Waals surface area contributed by atoms with Gasteiger partial charge in [0.05, 0.1) is 0 Å². The lowest BCUT2D eigenvalue weighted by Gasteiger charge is -2.10. The van der Waals surface area contributed by atoms with Crippen LogP contribution in [-0.4, -0.2) is 12.0 Å². The Morgan fingerprint density at radius 2 is 2.00 bits per heavy atom. The van der Waals surface area contributed by atoms with Crippen molar-refractivity contribution < 1.29 is 9.53 Å². The Kier molecular flexibility index (Phi) is 8.46. The van der Waals surface area contributed by atoms with Gasteiger partial charge in [-0.1, -0.05) is 50.1 Å². The van der Waals surface area contributed by atoms with E-state index in [0.29, 0.717) is 13.0 Å². The Morgan fingerprint density at radius 1 is 1.35 bits per heavy atom. The molecule has 0 aromatic heterocycles. The number of hydrogen-bond donors (Lipinski definition) is 1. The minimum atomic E-state index is -0.483. The molecule has 0 saturated heterocycles. The molecule has 1 atom stereocenters. The van der Waals surface area contributed by atoms with Gasteiger partial charge in [0.1, 0.15) is 12.6 Å². The maximum absolute atomic E-state index is 11.5. The zero-order valence-electron chi connectivity index (χ0n) is 10.1. The molecule has 1 aromatic carbocycles. The first kappa shape index (κ1) is 15.9. The van der Waals surface area contributed by atoms with Crippen LogP contribution in [0.5, 0.6) is 0 Å². The molecule has 0 aliphatic carbocycles. The van der Waals surface area contributed by atoms with Crippen LogP contribution in [0.4, 0.5) is 0 Å². The Hall–Kier alpha value is -1.06. The molecule has 96 valence electrons. The second kappa shape index (κ2) is 9.02. The number of esters is 1. The summed E-state index contributed by atoms with van der Waals surface area (Å²) in [6.45, 7) is 2.38. The number of carbonyl (C=O) groups is 1. The van der Waals surface area contributed by atoms with Gasteiger partial charge in [-0.15, -0.1) is 12.4 Å².